The van der Waals surface area contributed by atoms with E-state index in [1.165, 1.54) is 12.1 Å². The summed E-state index contributed by atoms with van der Waals surface area (Å²) in [4.78, 5) is 14.2. The van der Waals surface area contributed by atoms with E-state index in [1.54, 1.807) is 21.7 Å². The summed E-state index contributed by atoms with van der Waals surface area (Å²) in [5.41, 5.74) is 1.42. The Labute approximate surface area is 160 Å². The minimum absolute atomic E-state index is 0.0641. The van der Waals surface area contributed by atoms with Crippen molar-refractivity contribution in [1.82, 2.24) is 14.7 Å². The van der Waals surface area contributed by atoms with Gasteiger partial charge in [0.2, 0.25) is 0 Å². The smallest absolute Gasteiger partial charge is 0.257 e. The second kappa shape index (κ2) is 7.40. The van der Waals surface area contributed by atoms with Gasteiger partial charge in [-0.1, -0.05) is 41.9 Å². The number of rotatable bonds is 4. The van der Waals surface area contributed by atoms with Crippen LogP contribution in [-0.4, -0.2) is 27.1 Å². The molecule has 0 saturated heterocycles. The molecule has 0 aliphatic carbocycles. The van der Waals surface area contributed by atoms with Crippen molar-refractivity contribution < 1.29 is 13.9 Å². The number of nitrogens with zero attached hydrogens (tertiary/aromatic N) is 3. The summed E-state index contributed by atoms with van der Waals surface area (Å²) in [6, 6.07) is 15.4. The molecule has 2 aromatic carbocycles. The van der Waals surface area contributed by atoms with E-state index in [0.717, 1.165) is 11.4 Å². The lowest BCUT2D eigenvalue weighted by atomic mass is 10.1. The van der Waals surface area contributed by atoms with Crippen LogP contribution in [0.15, 0.2) is 54.6 Å². The number of ether oxygens (including phenoxy) is 1. The van der Waals surface area contributed by atoms with E-state index in [-0.39, 0.29) is 24.6 Å². The van der Waals surface area contributed by atoms with Gasteiger partial charge < -0.3 is 9.64 Å². The van der Waals surface area contributed by atoms with E-state index in [0.29, 0.717) is 23.8 Å². The number of hydrogen-bond donors (Lipinski definition) is 0. The Balaban J connectivity index is 1.50. The number of fused-ring (bicyclic) bond motifs is 1. The van der Waals surface area contributed by atoms with E-state index in [1.807, 2.05) is 30.3 Å². The fourth-order valence-electron chi connectivity index (χ4n) is 3.08. The van der Waals surface area contributed by atoms with Crippen LogP contribution in [0.2, 0.25) is 5.02 Å². The van der Waals surface area contributed by atoms with Crippen molar-refractivity contribution in [2.75, 3.05) is 6.54 Å². The highest BCUT2D eigenvalue weighted by Crippen LogP contribution is 2.27. The van der Waals surface area contributed by atoms with Gasteiger partial charge in [0.1, 0.15) is 23.9 Å². The van der Waals surface area contributed by atoms with Crippen LogP contribution >= 0.6 is 11.6 Å². The van der Waals surface area contributed by atoms with Crippen LogP contribution in [0, 0.1) is 5.82 Å². The van der Waals surface area contributed by atoms with Crippen LogP contribution in [0.3, 0.4) is 0 Å². The average Bonchev–Trinajstić information content (AvgIpc) is 3.02. The Hall–Kier alpha value is -2.86. The fraction of sp³-hybridized carbons (Fsp3) is 0.200. The molecule has 1 aliphatic rings. The summed E-state index contributed by atoms with van der Waals surface area (Å²) in [5, 5.41) is 4.98. The van der Waals surface area contributed by atoms with Crippen LogP contribution in [0.25, 0.3) is 0 Å². The number of amides is 1. The zero-order valence-corrected chi connectivity index (χ0v) is 15.2. The van der Waals surface area contributed by atoms with Crippen molar-refractivity contribution in [1.29, 1.82) is 0 Å². The summed E-state index contributed by atoms with van der Waals surface area (Å²) in [6.45, 7) is 1.46. The molecular formula is C20H17ClFN3O2. The van der Waals surface area contributed by atoms with Crippen molar-refractivity contribution in [2.45, 2.75) is 19.7 Å². The van der Waals surface area contributed by atoms with E-state index in [2.05, 4.69) is 5.10 Å². The summed E-state index contributed by atoms with van der Waals surface area (Å²) in [5.74, 6) is -0.140. The van der Waals surface area contributed by atoms with Crippen LogP contribution in [0.1, 0.15) is 21.7 Å². The van der Waals surface area contributed by atoms with E-state index >= 15 is 0 Å². The molecule has 27 heavy (non-hydrogen) atoms. The van der Waals surface area contributed by atoms with Crippen LogP contribution in [0.4, 0.5) is 4.39 Å². The molecule has 0 atom stereocenters. The summed E-state index contributed by atoms with van der Waals surface area (Å²) in [7, 11) is 0. The molecule has 1 aromatic heterocycles. The molecule has 5 nitrogen and oxygen atoms in total. The molecular weight excluding hydrogens is 369 g/mol. The first-order valence-corrected chi connectivity index (χ1v) is 8.97. The Morgan fingerprint density at radius 1 is 1.11 bits per heavy atom. The second-order valence-electron chi connectivity index (χ2n) is 6.24. The molecule has 1 aliphatic heterocycles. The Morgan fingerprint density at radius 3 is 2.63 bits per heavy atom. The van der Waals surface area contributed by atoms with Gasteiger partial charge in [-0.15, -0.1) is 0 Å². The van der Waals surface area contributed by atoms with Crippen molar-refractivity contribution in [3.8, 4) is 5.75 Å². The fourth-order valence-corrected chi connectivity index (χ4v) is 3.33. The van der Waals surface area contributed by atoms with Gasteiger partial charge in [0, 0.05) is 6.54 Å². The molecule has 4 rings (SSSR count). The topological polar surface area (TPSA) is 47.4 Å². The number of benzene rings is 2. The molecule has 138 valence electrons. The third-order valence-electron chi connectivity index (χ3n) is 4.49. The van der Waals surface area contributed by atoms with Gasteiger partial charge >= 0.3 is 0 Å². The number of carbonyl (C=O) groups excluding carboxylic acids is 1. The average molecular weight is 386 g/mol. The standard InChI is InChI=1S/C20H17ClFN3O2/c21-19-17(13-27-14-6-2-1-3-7-14)23-25-11-10-24(12-18(19)25)20(26)15-8-4-5-9-16(15)22/h1-9H,10-13H2. The third-order valence-corrected chi connectivity index (χ3v) is 4.93. The number of hydrogen-bond acceptors (Lipinski definition) is 3. The molecule has 0 fully saturated rings. The number of aromatic nitrogens is 2. The van der Waals surface area contributed by atoms with Gasteiger partial charge in [0.05, 0.1) is 29.4 Å². The molecule has 7 heteroatoms. The van der Waals surface area contributed by atoms with Crippen LogP contribution in [-0.2, 0) is 19.7 Å². The molecule has 0 spiro atoms. The lowest BCUT2D eigenvalue weighted by Gasteiger charge is -2.28. The first kappa shape index (κ1) is 17.5. The number of para-hydroxylation sites is 1. The maximum absolute atomic E-state index is 13.9. The van der Waals surface area contributed by atoms with Crippen molar-refractivity contribution in [3.63, 3.8) is 0 Å². The van der Waals surface area contributed by atoms with Gasteiger partial charge in [0.15, 0.2) is 0 Å². The Bertz CT molecular complexity index is 975. The normalized spacial score (nSPS) is 13.3. The summed E-state index contributed by atoms with van der Waals surface area (Å²) in [6.07, 6.45) is 0. The predicted molar refractivity (Wildman–Crippen MR) is 99.2 cm³/mol. The third kappa shape index (κ3) is 3.53. The van der Waals surface area contributed by atoms with Gasteiger partial charge in [-0.05, 0) is 24.3 Å². The first-order valence-electron chi connectivity index (χ1n) is 8.59. The zero-order valence-electron chi connectivity index (χ0n) is 14.4. The van der Waals surface area contributed by atoms with E-state index in [9.17, 15) is 9.18 Å². The Kier molecular flexibility index (Phi) is 4.81. The van der Waals surface area contributed by atoms with Crippen molar-refractivity contribution in [3.05, 3.63) is 82.4 Å². The Morgan fingerprint density at radius 2 is 1.85 bits per heavy atom. The summed E-state index contributed by atoms with van der Waals surface area (Å²) < 4.78 is 21.4. The largest absolute Gasteiger partial charge is 0.487 e. The van der Waals surface area contributed by atoms with Crippen LogP contribution in [0.5, 0.6) is 5.75 Å². The van der Waals surface area contributed by atoms with Crippen molar-refractivity contribution >= 4 is 17.5 Å². The van der Waals surface area contributed by atoms with E-state index in [4.69, 9.17) is 16.3 Å². The quantitative estimate of drug-likeness (QED) is 0.684. The van der Waals surface area contributed by atoms with E-state index < -0.39 is 5.82 Å². The maximum Gasteiger partial charge on any atom is 0.257 e. The molecule has 0 radical (unpaired) electrons. The molecule has 1 amide bonds. The number of carbonyl (C=O) groups is 1. The molecule has 0 unspecified atom stereocenters. The lowest BCUT2D eigenvalue weighted by Crippen LogP contribution is -2.38. The van der Waals surface area contributed by atoms with Crippen LogP contribution < -0.4 is 4.74 Å². The maximum atomic E-state index is 13.9. The first-order chi connectivity index (χ1) is 13.1. The molecule has 0 saturated carbocycles. The van der Waals surface area contributed by atoms with Gasteiger partial charge in [-0.2, -0.15) is 5.10 Å². The SMILES string of the molecule is O=C(c1ccccc1F)N1CCn2nc(COc3ccccc3)c(Cl)c2C1. The molecule has 0 N–H and O–H groups in total. The highest BCUT2D eigenvalue weighted by Gasteiger charge is 2.27. The minimum atomic E-state index is -0.523. The van der Waals surface area contributed by atoms with Gasteiger partial charge in [-0.25, -0.2) is 4.39 Å². The summed E-state index contributed by atoms with van der Waals surface area (Å²) >= 11 is 6.48. The molecule has 2 heterocycles. The molecule has 3 aromatic rings. The highest BCUT2D eigenvalue weighted by atomic mass is 35.5. The second-order valence-corrected chi connectivity index (χ2v) is 6.62. The lowest BCUT2D eigenvalue weighted by molar-refractivity contribution is 0.0701. The zero-order chi connectivity index (χ0) is 18.8. The van der Waals surface area contributed by atoms with Crippen molar-refractivity contribution in [2.24, 2.45) is 0 Å². The van der Waals surface area contributed by atoms with Gasteiger partial charge in [-0.3, -0.25) is 9.48 Å². The monoisotopic (exact) mass is 385 g/mol. The predicted octanol–water partition coefficient (Wildman–Crippen LogP) is 3.91. The minimum Gasteiger partial charge on any atom is -0.487 e. The molecule has 0 bridgehead atoms. The number of halogens is 2. The van der Waals surface area contributed by atoms with Gasteiger partial charge in [0.25, 0.3) is 5.91 Å². The highest BCUT2D eigenvalue weighted by molar-refractivity contribution is 6.31.